The van der Waals surface area contributed by atoms with Crippen molar-refractivity contribution in [1.82, 2.24) is 0 Å². The van der Waals surface area contributed by atoms with Crippen LogP contribution >= 0.6 is 15.9 Å². The first-order valence-corrected chi connectivity index (χ1v) is 6.48. The summed E-state index contributed by atoms with van der Waals surface area (Å²) in [5.74, 6) is -0.430. The molecule has 1 saturated carbocycles. The van der Waals surface area contributed by atoms with Crippen LogP contribution in [0.15, 0.2) is 22.7 Å². The van der Waals surface area contributed by atoms with Crippen LogP contribution in [0.25, 0.3) is 0 Å². The first-order valence-electron chi connectivity index (χ1n) is 5.69. The van der Waals surface area contributed by atoms with E-state index in [1.165, 1.54) is 0 Å². The van der Waals surface area contributed by atoms with Gasteiger partial charge in [-0.3, -0.25) is 4.79 Å². The van der Waals surface area contributed by atoms with Crippen LogP contribution in [0.3, 0.4) is 0 Å². The highest BCUT2D eigenvalue weighted by Gasteiger charge is 2.24. The number of primary amides is 1. The van der Waals surface area contributed by atoms with E-state index in [9.17, 15) is 4.79 Å². The monoisotopic (exact) mass is 297 g/mol. The van der Waals surface area contributed by atoms with E-state index in [2.05, 4.69) is 21.2 Å². The summed E-state index contributed by atoms with van der Waals surface area (Å²) in [6.45, 7) is 0. The van der Waals surface area contributed by atoms with Gasteiger partial charge in [-0.05, 0) is 37.5 Å². The highest BCUT2D eigenvalue weighted by atomic mass is 79.9. The average Bonchev–Trinajstić information content (AvgIpc) is 2.67. The van der Waals surface area contributed by atoms with Gasteiger partial charge >= 0.3 is 0 Å². The Morgan fingerprint density at radius 1 is 1.41 bits per heavy atom. The van der Waals surface area contributed by atoms with Crippen molar-refractivity contribution in [3.8, 4) is 0 Å². The van der Waals surface area contributed by atoms with Gasteiger partial charge in [-0.1, -0.05) is 15.9 Å². The van der Waals surface area contributed by atoms with Crippen molar-refractivity contribution >= 4 is 27.5 Å². The number of hydrogen-bond acceptors (Lipinski definition) is 3. The van der Waals surface area contributed by atoms with E-state index < -0.39 is 5.91 Å². The first kappa shape index (κ1) is 12.4. The van der Waals surface area contributed by atoms with Gasteiger partial charge in [0.1, 0.15) is 0 Å². The summed E-state index contributed by atoms with van der Waals surface area (Å²) < 4.78 is 0.840. The smallest absolute Gasteiger partial charge is 0.250 e. The van der Waals surface area contributed by atoms with Crippen LogP contribution in [0.4, 0.5) is 5.69 Å². The molecule has 17 heavy (non-hydrogen) atoms. The average molecular weight is 298 g/mol. The molecule has 1 aromatic rings. The molecule has 0 saturated heterocycles. The Kier molecular flexibility index (Phi) is 3.69. The van der Waals surface area contributed by atoms with Gasteiger partial charge in [-0.15, -0.1) is 0 Å². The zero-order chi connectivity index (χ0) is 12.4. The third kappa shape index (κ3) is 2.79. The molecular weight excluding hydrogens is 282 g/mol. The summed E-state index contributed by atoms with van der Waals surface area (Å²) in [7, 11) is 0. The summed E-state index contributed by atoms with van der Waals surface area (Å²) in [4.78, 5) is 11.4. The summed E-state index contributed by atoms with van der Waals surface area (Å²) in [6.07, 6.45) is 3.19. The third-order valence-electron chi connectivity index (χ3n) is 3.16. The highest BCUT2D eigenvalue weighted by Crippen LogP contribution is 2.26. The van der Waals surface area contributed by atoms with Crippen molar-refractivity contribution in [3.05, 3.63) is 28.2 Å². The molecule has 1 amide bonds. The van der Waals surface area contributed by atoms with Crippen molar-refractivity contribution in [2.24, 2.45) is 11.5 Å². The predicted molar refractivity (Wildman–Crippen MR) is 71.9 cm³/mol. The van der Waals surface area contributed by atoms with E-state index in [1.54, 1.807) is 6.07 Å². The topological polar surface area (TPSA) is 81.1 Å². The molecule has 4 nitrogen and oxygen atoms in total. The number of carbonyl (C=O) groups excluding carboxylic acids is 1. The minimum atomic E-state index is -0.430. The van der Waals surface area contributed by atoms with Crippen molar-refractivity contribution in [3.63, 3.8) is 0 Å². The lowest BCUT2D eigenvalue weighted by molar-refractivity contribution is 0.100. The quantitative estimate of drug-likeness (QED) is 0.796. The lowest BCUT2D eigenvalue weighted by Gasteiger charge is -2.20. The summed E-state index contributed by atoms with van der Waals surface area (Å²) in [6, 6.07) is 5.85. The van der Waals surface area contributed by atoms with Gasteiger partial charge in [0.2, 0.25) is 0 Å². The predicted octanol–water partition coefficient (Wildman–Crippen LogP) is 1.84. The number of nitrogens with one attached hydrogen (secondary N) is 1. The van der Waals surface area contributed by atoms with Crippen LogP contribution in [-0.2, 0) is 0 Å². The molecule has 1 aromatic carbocycles. The minimum absolute atomic E-state index is 0.152. The molecule has 2 atom stereocenters. The summed E-state index contributed by atoms with van der Waals surface area (Å²) in [5, 5.41) is 3.32. The van der Waals surface area contributed by atoms with Crippen molar-refractivity contribution in [2.45, 2.75) is 31.3 Å². The van der Waals surface area contributed by atoms with Crippen LogP contribution in [0.1, 0.15) is 29.6 Å². The molecule has 0 radical (unpaired) electrons. The first-order chi connectivity index (χ1) is 8.08. The Bertz CT molecular complexity index is 436. The number of halogens is 1. The largest absolute Gasteiger partial charge is 0.380 e. The van der Waals surface area contributed by atoms with Crippen LogP contribution < -0.4 is 16.8 Å². The molecule has 5 heteroatoms. The van der Waals surface area contributed by atoms with Crippen molar-refractivity contribution in [1.29, 1.82) is 0 Å². The number of benzene rings is 1. The number of carbonyl (C=O) groups is 1. The van der Waals surface area contributed by atoms with Gasteiger partial charge in [0.25, 0.3) is 5.91 Å². The van der Waals surface area contributed by atoms with Crippen LogP contribution in [-0.4, -0.2) is 18.0 Å². The zero-order valence-corrected chi connectivity index (χ0v) is 11.0. The van der Waals surface area contributed by atoms with E-state index in [0.717, 1.165) is 29.4 Å². The third-order valence-corrected chi connectivity index (χ3v) is 3.65. The molecule has 92 valence electrons. The fourth-order valence-electron chi connectivity index (χ4n) is 2.21. The van der Waals surface area contributed by atoms with Crippen LogP contribution in [0.2, 0.25) is 0 Å². The fraction of sp³-hybridized carbons (Fsp3) is 0.417. The number of nitrogens with two attached hydrogens (primary N) is 2. The number of anilines is 1. The van der Waals surface area contributed by atoms with E-state index in [1.807, 2.05) is 12.1 Å². The van der Waals surface area contributed by atoms with E-state index in [-0.39, 0.29) is 12.1 Å². The van der Waals surface area contributed by atoms with Gasteiger partial charge < -0.3 is 16.8 Å². The maximum Gasteiger partial charge on any atom is 0.250 e. The molecule has 1 aliphatic carbocycles. The Hall–Kier alpha value is -1.07. The Balaban J connectivity index is 2.22. The molecule has 5 N–H and O–H groups in total. The lowest BCUT2D eigenvalue weighted by atomic mass is 10.1. The maximum absolute atomic E-state index is 11.4. The second kappa shape index (κ2) is 5.06. The lowest BCUT2D eigenvalue weighted by Crippen LogP contribution is -2.35. The van der Waals surface area contributed by atoms with E-state index in [0.29, 0.717) is 5.56 Å². The molecule has 2 rings (SSSR count). The van der Waals surface area contributed by atoms with E-state index >= 15 is 0 Å². The molecular formula is C12H16BrN3O. The van der Waals surface area contributed by atoms with Gasteiger partial charge in [0.15, 0.2) is 0 Å². The molecule has 2 unspecified atom stereocenters. The van der Waals surface area contributed by atoms with Gasteiger partial charge in [-0.2, -0.15) is 0 Å². The summed E-state index contributed by atoms with van der Waals surface area (Å²) >= 11 is 3.33. The second-order valence-corrected chi connectivity index (χ2v) is 5.32. The van der Waals surface area contributed by atoms with Gasteiger partial charge in [0, 0.05) is 22.2 Å². The standard InChI is InChI=1S/C12H16BrN3O/c13-7-4-5-10(8(6-7)12(15)17)16-11-3-1-2-9(11)14/h4-6,9,11,16H,1-3,14H2,(H2,15,17). The molecule has 0 aromatic heterocycles. The maximum atomic E-state index is 11.4. The van der Waals surface area contributed by atoms with Crippen LogP contribution in [0, 0.1) is 0 Å². The highest BCUT2D eigenvalue weighted by molar-refractivity contribution is 9.10. The SMILES string of the molecule is NC(=O)c1cc(Br)ccc1NC1CCCC1N. The van der Waals surface area contributed by atoms with Crippen LogP contribution in [0.5, 0.6) is 0 Å². The number of hydrogen-bond donors (Lipinski definition) is 3. The molecule has 0 aliphatic heterocycles. The van der Waals surface area contributed by atoms with Gasteiger partial charge in [0.05, 0.1) is 5.56 Å². The molecule has 1 aliphatic rings. The fourth-order valence-corrected chi connectivity index (χ4v) is 2.57. The molecule has 0 spiro atoms. The normalized spacial score (nSPS) is 23.6. The van der Waals surface area contributed by atoms with Gasteiger partial charge in [-0.25, -0.2) is 0 Å². The Morgan fingerprint density at radius 3 is 2.76 bits per heavy atom. The van der Waals surface area contributed by atoms with E-state index in [4.69, 9.17) is 11.5 Å². The molecule has 0 heterocycles. The molecule has 1 fully saturated rings. The number of amides is 1. The minimum Gasteiger partial charge on any atom is -0.380 e. The Morgan fingerprint density at radius 2 is 2.18 bits per heavy atom. The van der Waals surface area contributed by atoms with Crippen molar-refractivity contribution in [2.75, 3.05) is 5.32 Å². The number of rotatable bonds is 3. The zero-order valence-electron chi connectivity index (χ0n) is 9.45. The Labute approximate surface area is 109 Å². The summed E-state index contributed by atoms with van der Waals surface area (Å²) in [5.41, 5.74) is 12.6. The molecule has 0 bridgehead atoms. The van der Waals surface area contributed by atoms with Crippen molar-refractivity contribution < 1.29 is 4.79 Å². The second-order valence-electron chi connectivity index (χ2n) is 4.40.